The summed E-state index contributed by atoms with van der Waals surface area (Å²) in [5, 5.41) is 16.2. The fraction of sp³-hybridized carbons (Fsp3) is 0.640. The van der Waals surface area contributed by atoms with Crippen LogP contribution in [0.4, 0.5) is 0 Å². The number of benzene rings is 1. The third-order valence-corrected chi connectivity index (χ3v) is 8.68. The standard InChI is InChI=1S/C25H35N5O3S/c1-17(2)14-21(27-23-20-6-4-5-7-22(20)34(32,33)29-23)24(31)28-25(15-26)12-13-30(16-25)19-10-8-18(3)9-11-19/h4-7,17-19,21H,8-14,16H2,1-3H3,(H,27,29)(H,28,31). The Labute approximate surface area is 202 Å². The van der Waals surface area contributed by atoms with E-state index in [9.17, 15) is 18.5 Å². The van der Waals surface area contributed by atoms with Gasteiger partial charge < -0.3 is 10.6 Å². The molecule has 184 valence electrons. The third kappa shape index (κ3) is 5.13. The predicted molar refractivity (Wildman–Crippen MR) is 131 cm³/mol. The van der Waals surface area contributed by atoms with Crippen LogP contribution < -0.4 is 10.6 Å². The molecule has 34 heavy (non-hydrogen) atoms. The van der Waals surface area contributed by atoms with E-state index in [-0.39, 0.29) is 22.6 Å². The predicted octanol–water partition coefficient (Wildman–Crippen LogP) is 2.80. The number of rotatable bonds is 6. The number of carbonyl (C=O) groups is 1. The van der Waals surface area contributed by atoms with E-state index in [1.165, 1.54) is 18.9 Å². The molecule has 1 amide bonds. The molecule has 2 N–H and O–H groups in total. The smallest absolute Gasteiger partial charge is 0.285 e. The number of amidine groups is 1. The van der Waals surface area contributed by atoms with Crippen LogP contribution in [0.25, 0.3) is 0 Å². The van der Waals surface area contributed by atoms with E-state index in [0.717, 1.165) is 25.3 Å². The summed E-state index contributed by atoms with van der Waals surface area (Å²) in [5.74, 6) is 0.833. The van der Waals surface area contributed by atoms with Gasteiger partial charge in [0.1, 0.15) is 22.3 Å². The molecule has 2 atom stereocenters. The molecule has 3 aliphatic rings. The summed E-state index contributed by atoms with van der Waals surface area (Å²) in [5.41, 5.74) is -0.462. The molecule has 4 rings (SSSR count). The van der Waals surface area contributed by atoms with Gasteiger partial charge >= 0.3 is 0 Å². The second kappa shape index (κ2) is 9.67. The van der Waals surface area contributed by atoms with Gasteiger partial charge in [0, 0.05) is 24.7 Å². The highest BCUT2D eigenvalue weighted by Gasteiger charge is 2.43. The molecule has 1 saturated carbocycles. The normalized spacial score (nSPS) is 29.2. The molecule has 0 bridgehead atoms. The maximum Gasteiger partial charge on any atom is 0.285 e. The van der Waals surface area contributed by atoms with Gasteiger partial charge in [-0.1, -0.05) is 32.9 Å². The van der Waals surface area contributed by atoms with Crippen molar-refractivity contribution in [2.24, 2.45) is 16.2 Å². The summed E-state index contributed by atoms with van der Waals surface area (Å²) >= 11 is 0. The molecule has 8 nitrogen and oxygen atoms in total. The van der Waals surface area contributed by atoms with Crippen LogP contribution in [0.1, 0.15) is 64.9 Å². The average Bonchev–Trinajstić information content (AvgIpc) is 3.33. The maximum absolute atomic E-state index is 13.4. The molecule has 0 radical (unpaired) electrons. The number of nitrogens with zero attached hydrogens (tertiary/aromatic N) is 3. The molecular weight excluding hydrogens is 450 g/mol. The lowest BCUT2D eigenvalue weighted by molar-refractivity contribution is -0.124. The van der Waals surface area contributed by atoms with Crippen molar-refractivity contribution in [3.05, 3.63) is 29.8 Å². The quantitative estimate of drug-likeness (QED) is 0.640. The zero-order chi connectivity index (χ0) is 24.5. The zero-order valence-corrected chi connectivity index (χ0v) is 21.1. The van der Waals surface area contributed by atoms with E-state index in [1.54, 1.807) is 18.2 Å². The van der Waals surface area contributed by atoms with Gasteiger partial charge in [-0.15, -0.1) is 4.40 Å². The first kappa shape index (κ1) is 24.7. The van der Waals surface area contributed by atoms with Crippen molar-refractivity contribution in [3.8, 4) is 6.07 Å². The number of fused-ring (bicyclic) bond motifs is 1. The molecule has 2 unspecified atom stereocenters. The Hall–Kier alpha value is -2.44. The van der Waals surface area contributed by atoms with Gasteiger partial charge in [0.15, 0.2) is 0 Å². The average molecular weight is 486 g/mol. The van der Waals surface area contributed by atoms with E-state index in [1.807, 2.05) is 13.8 Å². The molecule has 1 aromatic carbocycles. The van der Waals surface area contributed by atoms with E-state index < -0.39 is 21.6 Å². The molecule has 2 aliphatic heterocycles. The van der Waals surface area contributed by atoms with Gasteiger partial charge in [-0.05, 0) is 62.5 Å². The van der Waals surface area contributed by atoms with Crippen LogP contribution in [0.5, 0.6) is 0 Å². The number of amides is 1. The number of likely N-dealkylation sites (tertiary alicyclic amines) is 1. The van der Waals surface area contributed by atoms with E-state index in [2.05, 4.69) is 32.9 Å². The first-order valence-corrected chi connectivity index (χ1v) is 13.7. The minimum atomic E-state index is -3.78. The Morgan fingerprint density at radius 3 is 2.65 bits per heavy atom. The third-order valence-electron chi connectivity index (χ3n) is 7.34. The SMILES string of the molecule is CC(C)CC(NC1=NS(=O)(=O)c2ccccc21)C(=O)NC1(C#N)CCN(C2CCC(C)CC2)C1. The molecule has 2 heterocycles. The molecule has 9 heteroatoms. The number of nitrogens with one attached hydrogen (secondary N) is 2. The molecule has 1 saturated heterocycles. The largest absolute Gasteiger partial charge is 0.357 e. The molecule has 1 aliphatic carbocycles. The van der Waals surface area contributed by atoms with Crippen molar-refractivity contribution in [1.82, 2.24) is 15.5 Å². The van der Waals surface area contributed by atoms with Crippen molar-refractivity contribution in [1.29, 1.82) is 5.26 Å². The summed E-state index contributed by atoms with van der Waals surface area (Å²) in [4.78, 5) is 15.9. The Balaban J connectivity index is 1.48. The molecule has 2 fully saturated rings. The summed E-state index contributed by atoms with van der Waals surface area (Å²) in [6, 6.07) is 8.77. The second-order valence-electron chi connectivity index (χ2n) is 10.6. The summed E-state index contributed by atoms with van der Waals surface area (Å²) in [7, 11) is -3.78. The number of carbonyl (C=O) groups excluding carboxylic acids is 1. The first-order chi connectivity index (χ1) is 16.1. The lowest BCUT2D eigenvalue weighted by atomic mass is 9.86. The number of hydrogen-bond donors (Lipinski definition) is 2. The van der Waals surface area contributed by atoms with Gasteiger partial charge in [0.2, 0.25) is 5.91 Å². The Kier molecular flexibility index (Phi) is 7.02. The van der Waals surface area contributed by atoms with E-state index in [0.29, 0.717) is 31.0 Å². The van der Waals surface area contributed by atoms with Gasteiger partial charge in [-0.3, -0.25) is 9.69 Å². The van der Waals surface area contributed by atoms with Crippen LogP contribution in [-0.4, -0.2) is 55.8 Å². The fourth-order valence-electron chi connectivity index (χ4n) is 5.38. The lowest BCUT2D eigenvalue weighted by Gasteiger charge is -2.34. The van der Waals surface area contributed by atoms with E-state index in [4.69, 9.17) is 0 Å². The Morgan fingerprint density at radius 2 is 1.97 bits per heavy atom. The molecule has 0 spiro atoms. The fourth-order valence-corrected chi connectivity index (χ4v) is 6.56. The van der Waals surface area contributed by atoms with Crippen LogP contribution in [0.15, 0.2) is 33.6 Å². The van der Waals surface area contributed by atoms with Gasteiger partial charge in [0.25, 0.3) is 10.0 Å². The summed E-state index contributed by atoms with van der Waals surface area (Å²) in [6.45, 7) is 7.63. The van der Waals surface area contributed by atoms with Crippen molar-refractivity contribution in [2.75, 3.05) is 13.1 Å². The highest BCUT2D eigenvalue weighted by Crippen LogP contribution is 2.32. The molecular formula is C25H35N5O3S. The lowest BCUT2D eigenvalue weighted by Crippen LogP contribution is -2.56. The van der Waals surface area contributed by atoms with Crippen molar-refractivity contribution in [2.45, 2.75) is 81.8 Å². The highest BCUT2D eigenvalue weighted by molar-refractivity contribution is 7.90. The van der Waals surface area contributed by atoms with Crippen molar-refractivity contribution >= 4 is 21.8 Å². The van der Waals surface area contributed by atoms with Crippen molar-refractivity contribution < 1.29 is 13.2 Å². The number of sulfonamides is 1. The van der Waals surface area contributed by atoms with Gasteiger partial charge in [-0.25, -0.2) is 0 Å². The van der Waals surface area contributed by atoms with Crippen molar-refractivity contribution in [3.63, 3.8) is 0 Å². The number of nitriles is 1. The van der Waals surface area contributed by atoms with Gasteiger partial charge in [-0.2, -0.15) is 13.7 Å². The Bertz CT molecular complexity index is 1100. The maximum atomic E-state index is 13.4. The molecule has 1 aromatic rings. The minimum Gasteiger partial charge on any atom is -0.357 e. The monoisotopic (exact) mass is 485 g/mol. The minimum absolute atomic E-state index is 0.142. The van der Waals surface area contributed by atoms with E-state index >= 15 is 0 Å². The van der Waals surface area contributed by atoms with Gasteiger partial charge in [0.05, 0.1) is 6.07 Å². The van der Waals surface area contributed by atoms with Crippen LogP contribution in [0.3, 0.4) is 0 Å². The Morgan fingerprint density at radius 1 is 1.26 bits per heavy atom. The first-order valence-electron chi connectivity index (χ1n) is 12.3. The summed E-state index contributed by atoms with van der Waals surface area (Å²) in [6.07, 6.45) is 5.77. The zero-order valence-electron chi connectivity index (χ0n) is 20.3. The topological polar surface area (TPSA) is 115 Å². The highest BCUT2D eigenvalue weighted by atomic mass is 32.2. The van der Waals surface area contributed by atoms with Crippen LogP contribution in [0, 0.1) is 23.2 Å². The number of hydrogen-bond acceptors (Lipinski definition) is 6. The van der Waals surface area contributed by atoms with Crippen LogP contribution >= 0.6 is 0 Å². The van der Waals surface area contributed by atoms with Crippen LogP contribution in [0.2, 0.25) is 0 Å². The summed E-state index contributed by atoms with van der Waals surface area (Å²) < 4.78 is 28.8. The molecule has 0 aromatic heterocycles. The van der Waals surface area contributed by atoms with Crippen LogP contribution in [-0.2, 0) is 14.8 Å². The second-order valence-corrected chi connectivity index (χ2v) is 12.1.